The molecule has 4 rings (SSSR count). The lowest BCUT2D eigenvalue weighted by molar-refractivity contribution is 0.102. The molecular formula is C26H24Cl2N2O4S. The Morgan fingerprint density at radius 2 is 1.60 bits per heavy atom. The second kappa shape index (κ2) is 11.2. The topological polar surface area (TPSA) is 69.7 Å². The van der Waals surface area contributed by atoms with Gasteiger partial charge in [0.2, 0.25) is 5.75 Å². The number of hydrogen-bond acceptors (Lipinski definition) is 6. The maximum Gasteiger partial charge on any atom is 0.255 e. The van der Waals surface area contributed by atoms with Crippen molar-refractivity contribution >= 4 is 56.3 Å². The van der Waals surface area contributed by atoms with E-state index in [-0.39, 0.29) is 5.91 Å². The number of fused-ring (bicyclic) bond motifs is 1. The van der Waals surface area contributed by atoms with E-state index in [0.717, 1.165) is 10.2 Å². The number of hydrogen-bond donors (Lipinski definition) is 1. The third-order valence-electron chi connectivity index (χ3n) is 4.99. The minimum Gasteiger partial charge on any atom is -0.490 e. The first-order valence-electron chi connectivity index (χ1n) is 11.2. The largest absolute Gasteiger partial charge is 0.490 e. The minimum absolute atomic E-state index is 0.307. The summed E-state index contributed by atoms with van der Waals surface area (Å²) >= 11 is 14.4. The summed E-state index contributed by atoms with van der Waals surface area (Å²) in [6, 6.07) is 14.4. The fraction of sp³-hybridized carbons (Fsp3) is 0.231. The molecule has 0 saturated heterocycles. The van der Waals surface area contributed by atoms with Gasteiger partial charge in [-0.25, -0.2) is 4.98 Å². The molecule has 1 amide bonds. The van der Waals surface area contributed by atoms with Crippen molar-refractivity contribution < 1.29 is 19.0 Å². The first-order valence-corrected chi connectivity index (χ1v) is 12.7. The summed E-state index contributed by atoms with van der Waals surface area (Å²) in [6.07, 6.45) is 0. The average Bonchev–Trinajstić information content (AvgIpc) is 3.27. The van der Waals surface area contributed by atoms with E-state index in [1.165, 1.54) is 11.3 Å². The Kier molecular flexibility index (Phi) is 8.00. The van der Waals surface area contributed by atoms with Crippen molar-refractivity contribution in [3.8, 4) is 27.8 Å². The average molecular weight is 531 g/mol. The number of carbonyl (C=O) groups is 1. The van der Waals surface area contributed by atoms with Crippen LogP contribution in [0.3, 0.4) is 0 Å². The summed E-state index contributed by atoms with van der Waals surface area (Å²) in [6.45, 7) is 6.83. The van der Waals surface area contributed by atoms with E-state index in [1.54, 1.807) is 24.3 Å². The molecule has 35 heavy (non-hydrogen) atoms. The molecule has 3 aromatic carbocycles. The summed E-state index contributed by atoms with van der Waals surface area (Å²) in [5, 5.41) is 4.39. The van der Waals surface area contributed by atoms with Gasteiger partial charge >= 0.3 is 0 Å². The molecule has 0 bridgehead atoms. The normalized spacial score (nSPS) is 10.9. The summed E-state index contributed by atoms with van der Waals surface area (Å²) in [5.41, 5.74) is 2.25. The Labute approximate surface area is 217 Å². The molecule has 0 saturated carbocycles. The Morgan fingerprint density at radius 3 is 2.23 bits per heavy atom. The Balaban J connectivity index is 1.76. The van der Waals surface area contributed by atoms with E-state index in [1.807, 2.05) is 45.0 Å². The summed E-state index contributed by atoms with van der Waals surface area (Å²) in [7, 11) is 0. The van der Waals surface area contributed by atoms with Crippen molar-refractivity contribution in [2.24, 2.45) is 0 Å². The lowest BCUT2D eigenvalue weighted by Crippen LogP contribution is -2.14. The monoisotopic (exact) mass is 530 g/mol. The first kappa shape index (κ1) is 25.1. The Bertz CT molecular complexity index is 1310. The predicted octanol–water partition coefficient (Wildman–Crippen LogP) is 7.72. The van der Waals surface area contributed by atoms with Crippen molar-refractivity contribution in [1.82, 2.24) is 4.98 Å². The van der Waals surface area contributed by atoms with E-state index in [4.69, 9.17) is 42.4 Å². The van der Waals surface area contributed by atoms with E-state index in [0.29, 0.717) is 68.9 Å². The zero-order valence-corrected chi connectivity index (χ0v) is 21.8. The molecular weight excluding hydrogens is 507 g/mol. The zero-order valence-electron chi connectivity index (χ0n) is 19.5. The quantitative estimate of drug-likeness (QED) is 0.240. The van der Waals surface area contributed by atoms with Crippen molar-refractivity contribution in [3.05, 3.63) is 64.1 Å². The number of aromatic nitrogens is 1. The lowest BCUT2D eigenvalue weighted by atomic mass is 10.1. The van der Waals surface area contributed by atoms with E-state index in [9.17, 15) is 4.79 Å². The SMILES string of the molecule is CCOc1cc(C(=O)Nc2c(Cl)cc(Cl)cc2-c2nc3ccccc3s2)cc(OCC)c1OCC. The van der Waals surface area contributed by atoms with Crippen LogP contribution >= 0.6 is 34.5 Å². The molecule has 0 radical (unpaired) electrons. The van der Waals surface area contributed by atoms with Gasteiger partial charge in [0.1, 0.15) is 5.01 Å². The zero-order chi connectivity index (χ0) is 24.9. The van der Waals surface area contributed by atoms with Crippen LogP contribution in [0.25, 0.3) is 20.8 Å². The Hall–Kier alpha value is -3.00. The van der Waals surface area contributed by atoms with Crippen LogP contribution in [0, 0.1) is 0 Å². The molecule has 4 aromatic rings. The molecule has 1 heterocycles. The number of amides is 1. The fourth-order valence-corrected chi connectivity index (χ4v) is 5.09. The standard InChI is InChI=1S/C26H24Cl2N2O4S/c1-4-32-20-11-15(12-21(33-5-2)24(20)34-6-3)25(31)30-23-17(13-16(27)14-18(23)28)26-29-19-9-7-8-10-22(19)35-26/h7-14H,4-6H2,1-3H3,(H,30,31). The van der Waals surface area contributed by atoms with Gasteiger partial charge in [0.15, 0.2) is 11.5 Å². The van der Waals surface area contributed by atoms with Crippen molar-refractivity contribution in [1.29, 1.82) is 0 Å². The third-order valence-corrected chi connectivity index (χ3v) is 6.58. The van der Waals surface area contributed by atoms with Crippen LogP contribution in [0.5, 0.6) is 17.2 Å². The van der Waals surface area contributed by atoms with Gasteiger partial charge in [-0.2, -0.15) is 0 Å². The molecule has 1 aromatic heterocycles. The number of para-hydroxylation sites is 1. The number of ether oxygens (including phenoxy) is 3. The maximum absolute atomic E-state index is 13.4. The number of nitrogens with one attached hydrogen (secondary N) is 1. The van der Waals surface area contributed by atoms with Gasteiger partial charge in [0.25, 0.3) is 5.91 Å². The van der Waals surface area contributed by atoms with E-state index < -0.39 is 0 Å². The van der Waals surface area contributed by atoms with Gasteiger partial charge in [0, 0.05) is 16.1 Å². The molecule has 0 aliphatic heterocycles. The third kappa shape index (κ3) is 5.48. The van der Waals surface area contributed by atoms with Crippen LogP contribution in [0.2, 0.25) is 10.0 Å². The van der Waals surface area contributed by atoms with Crippen LogP contribution in [-0.4, -0.2) is 30.7 Å². The fourth-order valence-electron chi connectivity index (χ4n) is 3.56. The number of thiazole rings is 1. The minimum atomic E-state index is -0.387. The highest BCUT2D eigenvalue weighted by molar-refractivity contribution is 7.21. The molecule has 0 atom stereocenters. The van der Waals surface area contributed by atoms with Gasteiger partial charge in [0.05, 0.1) is 40.7 Å². The highest BCUT2D eigenvalue weighted by atomic mass is 35.5. The van der Waals surface area contributed by atoms with Crippen LogP contribution in [-0.2, 0) is 0 Å². The molecule has 6 nitrogen and oxygen atoms in total. The van der Waals surface area contributed by atoms with E-state index in [2.05, 4.69) is 5.32 Å². The van der Waals surface area contributed by atoms with Gasteiger partial charge in [-0.15, -0.1) is 11.3 Å². The summed E-state index contributed by atoms with van der Waals surface area (Å²) in [4.78, 5) is 18.1. The molecule has 0 unspecified atom stereocenters. The van der Waals surface area contributed by atoms with Crippen LogP contribution in [0.4, 0.5) is 5.69 Å². The van der Waals surface area contributed by atoms with Gasteiger partial charge < -0.3 is 19.5 Å². The highest BCUT2D eigenvalue weighted by Gasteiger charge is 2.21. The summed E-state index contributed by atoms with van der Waals surface area (Å²) < 4.78 is 18.3. The molecule has 182 valence electrons. The maximum atomic E-state index is 13.4. The second-order valence-corrected chi connectivity index (χ2v) is 9.23. The molecule has 0 aliphatic carbocycles. The van der Waals surface area contributed by atoms with Crippen LogP contribution in [0.15, 0.2) is 48.5 Å². The Morgan fingerprint density at radius 1 is 0.943 bits per heavy atom. The van der Waals surface area contributed by atoms with Crippen LogP contribution < -0.4 is 19.5 Å². The van der Waals surface area contributed by atoms with Crippen molar-refractivity contribution in [2.75, 3.05) is 25.1 Å². The number of carbonyl (C=O) groups excluding carboxylic acids is 1. The second-order valence-electron chi connectivity index (χ2n) is 7.35. The van der Waals surface area contributed by atoms with Gasteiger partial charge in [-0.3, -0.25) is 4.79 Å². The van der Waals surface area contributed by atoms with Crippen LogP contribution in [0.1, 0.15) is 31.1 Å². The molecule has 0 aliphatic rings. The lowest BCUT2D eigenvalue weighted by Gasteiger charge is -2.18. The van der Waals surface area contributed by atoms with E-state index >= 15 is 0 Å². The number of benzene rings is 3. The number of anilines is 1. The molecule has 9 heteroatoms. The van der Waals surface area contributed by atoms with Crippen molar-refractivity contribution in [2.45, 2.75) is 20.8 Å². The van der Waals surface area contributed by atoms with Gasteiger partial charge in [-0.1, -0.05) is 35.3 Å². The molecule has 1 N–H and O–H groups in total. The van der Waals surface area contributed by atoms with Gasteiger partial charge in [-0.05, 0) is 57.2 Å². The molecule has 0 spiro atoms. The number of halogens is 2. The molecule has 0 fully saturated rings. The number of rotatable bonds is 9. The predicted molar refractivity (Wildman–Crippen MR) is 143 cm³/mol. The first-order chi connectivity index (χ1) is 16.9. The van der Waals surface area contributed by atoms with Crippen molar-refractivity contribution in [3.63, 3.8) is 0 Å². The highest BCUT2D eigenvalue weighted by Crippen LogP contribution is 2.42. The smallest absolute Gasteiger partial charge is 0.255 e. The number of nitrogens with zero attached hydrogens (tertiary/aromatic N) is 1. The summed E-state index contributed by atoms with van der Waals surface area (Å²) in [5.74, 6) is 0.937.